The third-order valence-corrected chi connectivity index (χ3v) is 2.31. The van der Waals surface area contributed by atoms with Crippen molar-refractivity contribution in [2.75, 3.05) is 6.61 Å². The molecule has 4 nitrogen and oxygen atoms in total. The summed E-state index contributed by atoms with van der Waals surface area (Å²) in [6, 6.07) is 0. The minimum absolute atomic E-state index is 0.203. The van der Waals surface area contributed by atoms with Gasteiger partial charge in [0.15, 0.2) is 0 Å². The molecule has 0 aromatic carbocycles. The third-order valence-electron chi connectivity index (χ3n) is 2.31. The molecule has 0 aliphatic carbocycles. The normalized spacial score (nSPS) is 24.7. The lowest BCUT2D eigenvalue weighted by Gasteiger charge is -2.18. The number of carbonyl (C=O) groups excluding carboxylic acids is 1. The minimum Gasteiger partial charge on any atom is -0.458 e. The molecule has 1 aliphatic heterocycles. The smallest absolute Gasteiger partial charge is 0.353 e. The van der Waals surface area contributed by atoms with Gasteiger partial charge < -0.3 is 9.57 Å². The van der Waals surface area contributed by atoms with Crippen LogP contribution in [0.25, 0.3) is 0 Å². The zero-order valence-electron chi connectivity index (χ0n) is 9.45. The molecular formula is C11H17NO3. The van der Waals surface area contributed by atoms with Gasteiger partial charge in [-0.05, 0) is 12.8 Å². The number of hydrogen-bond donors (Lipinski definition) is 0. The van der Waals surface area contributed by atoms with Crippen LogP contribution in [0, 0.1) is 5.92 Å². The van der Waals surface area contributed by atoms with E-state index in [1.165, 1.54) is 6.08 Å². The second-order valence-corrected chi connectivity index (χ2v) is 4.12. The lowest BCUT2D eigenvalue weighted by atomic mass is 9.94. The van der Waals surface area contributed by atoms with E-state index in [4.69, 9.17) is 9.57 Å². The van der Waals surface area contributed by atoms with Crippen LogP contribution >= 0.6 is 0 Å². The van der Waals surface area contributed by atoms with E-state index in [0.29, 0.717) is 12.3 Å². The second kappa shape index (κ2) is 4.47. The summed E-state index contributed by atoms with van der Waals surface area (Å²) in [6.45, 7) is 9.41. The van der Waals surface area contributed by atoms with Crippen molar-refractivity contribution in [3.63, 3.8) is 0 Å². The van der Waals surface area contributed by atoms with Crippen molar-refractivity contribution in [3.8, 4) is 0 Å². The van der Waals surface area contributed by atoms with Crippen LogP contribution in [0.5, 0.6) is 0 Å². The summed E-state index contributed by atoms with van der Waals surface area (Å²) in [5.41, 5.74) is -0.0594. The maximum atomic E-state index is 11.6. The van der Waals surface area contributed by atoms with Gasteiger partial charge in [0.25, 0.3) is 0 Å². The molecule has 0 amide bonds. The van der Waals surface area contributed by atoms with Crippen LogP contribution in [0.3, 0.4) is 0 Å². The molecule has 1 rings (SSSR count). The molecule has 15 heavy (non-hydrogen) atoms. The highest BCUT2D eigenvalue weighted by Crippen LogP contribution is 2.27. The van der Waals surface area contributed by atoms with Crippen LogP contribution in [-0.2, 0) is 14.4 Å². The zero-order chi connectivity index (χ0) is 11.5. The zero-order valence-corrected chi connectivity index (χ0v) is 9.45. The van der Waals surface area contributed by atoms with Crippen LogP contribution in [0.15, 0.2) is 17.8 Å². The van der Waals surface area contributed by atoms with Gasteiger partial charge in [0.2, 0.25) is 5.60 Å². The van der Waals surface area contributed by atoms with E-state index in [0.717, 1.165) is 5.71 Å². The molecule has 0 spiro atoms. The van der Waals surface area contributed by atoms with E-state index in [9.17, 15) is 4.79 Å². The molecule has 1 aliphatic rings. The summed E-state index contributed by atoms with van der Waals surface area (Å²) in [7, 11) is 0. The molecule has 1 heterocycles. The highest BCUT2D eigenvalue weighted by molar-refractivity contribution is 5.94. The van der Waals surface area contributed by atoms with Gasteiger partial charge in [-0.3, -0.25) is 0 Å². The van der Waals surface area contributed by atoms with Crippen LogP contribution < -0.4 is 0 Å². The third kappa shape index (κ3) is 2.58. The van der Waals surface area contributed by atoms with Crippen molar-refractivity contribution in [3.05, 3.63) is 12.7 Å². The lowest BCUT2D eigenvalue weighted by Crippen LogP contribution is -2.37. The van der Waals surface area contributed by atoms with E-state index in [2.05, 4.69) is 11.7 Å². The molecule has 0 N–H and O–H groups in total. The molecule has 1 atom stereocenters. The Morgan fingerprint density at radius 3 is 2.93 bits per heavy atom. The Bertz CT molecular complexity index is 296. The molecule has 0 fully saturated rings. The SMILES string of the molecule is C=CCOC(=O)C1(C)CC(C(C)C)=NO1. The van der Waals surface area contributed by atoms with Crippen molar-refractivity contribution in [1.29, 1.82) is 0 Å². The Hall–Kier alpha value is -1.32. The van der Waals surface area contributed by atoms with E-state index in [-0.39, 0.29) is 12.6 Å². The van der Waals surface area contributed by atoms with E-state index < -0.39 is 5.60 Å². The van der Waals surface area contributed by atoms with Crippen LogP contribution in [0.1, 0.15) is 27.2 Å². The molecule has 0 bridgehead atoms. The summed E-state index contributed by atoms with van der Waals surface area (Å²) in [5, 5.41) is 3.91. The monoisotopic (exact) mass is 211 g/mol. The van der Waals surface area contributed by atoms with Gasteiger partial charge in [-0.1, -0.05) is 31.7 Å². The fourth-order valence-electron chi connectivity index (χ4n) is 1.28. The topological polar surface area (TPSA) is 47.9 Å². The van der Waals surface area contributed by atoms with Crippen LogP contribution in [0.4, 0.5) is 0 Å². The first-order chi connectivity index (χ1) is 6.99. The number of ether oxygens (including phenoxy) is 1. The molecule has 0 radical (unpaired) electrons. The van der Waals surface area contributed by atoms with E-state index >= 15 is 0 Å². The fourth-order valence-corrected chi connectivity index (χ4v) is 1.28. The van der Waals surface area contributed by atoms with Gasteiger partial charge in [0.05, 0.1) is 5.71 Å². The summed E-state index contributed by atoms with van der Waals surface area (Å²) >= 11 is 0. The lowest BCUT2D eigenvalue weighted by molar-refractivity contribution is -0.165. The first-order valence-corrected chi connectivity index (χ1v) is 5.02. The van der Waals surface area contributed by atoms with E-state index in [1.807, 2.05) is 13.8 Å². The standard InChI is InChI=1S/C11H17NO3/c1-5-6-14-10(13)11(4)7-9(8(2)3)12-15-11/h5,8H,1,6-7H2,2-4H3. The predicted molar refractivity (Wildman–Crippen MR) is 57.5 cm³/mol. The number of carbonyl (C=O) groups is 1. The van der Waals surface area contributed by atoms with Gasteiger partial charge in [-0.25, -0.2) is 4.79 Å². The average molecular weight is 211 g/mol. The van der Waals surface area contributed by atoms with Gasteiger partial charge in [0, 0.05) is 6.42 Å². The Balaban J connectivity index is 2.57. The number of esters is 1. The molecule has 0 saturated carbocycles. The van der Waals surface area contributed by atoms with Crippen molar-refractivity contribution in [2.24, 2.45) is 11.1 Å². The van der Waals surface area contributed by atoms with Crippen molar-refractivity contribution in [2.45, 2.75) is 32.8 Å². The Morgan fingerprint density at radius 2 is 2.47 bits per heavy atom. The molecular weight excluding hydrogens is 194 g/mol. The summed E-state index contributed by atoms with van der Waals surface area (Å²) < 4.78 is 4.95. The summed E-state index contributed by atoms with van der Waals surface area (Å²) in [6.07, 6.45) is 2.03. The maximum absolute atomic E-state index is 11.6. The van der Waals surface area contributed by atoms with Crippen LogP contribution in [-0.4, -0.2) is 23.9 Å². The summed E-state index contributed by atoms with van der Waals surface area (Å²) in [5.74, 6) is -0.0965. The summed E-state index contributed by atoms with van der Waals surface area (Å²) in [4.78, 5) is 16.8. The molecule has 0 saturated heterocycles. The van der Waals surface area contributed by atoms with Crippen LogP contribution in [0.2, 0.25) is 0 Å². The maximum Gasteiger partial charge on any atom is 0.353 e. The second-order valence-electron chi connectivity index (χ2n) is 4.12. The van der Waals surface area contributed by atoms with Crippen molar-refractivity contribution in [1.82, 2.24) is 0 Å². The van der Waals surface area contributed by atoms with Crippen molar-refractivity contribution >= 4 is 11.7 Å². The molecule has 4 heteroatoms. The molecule has 0 aromatic rings. The van der Waals surface area contributed by atoms with Gasteiger partial charge in [-0.2, -0.15) is 0 Å². The number of oxime groups is 1. The fraction of sp³-hybridized carbons (Fsp3) is 0.636. The number of rotatable bonds is 4. The largest absolute Gasteiger partial charge is 0.458 e. The Morgan fingerprint density at radius 1 is 1.80 bits per heavy atom. The minimum atomic E-state index is -0.956. The quantitative estimate of drug-likeness (QED) is 0.527. The predicted octanol–water partition coefficient (Wildman–Crippen LogP) is 1.91. The molecule has 0 aromatic heterocycles. The highest BCUT2D eigenvalue weighted by atomic mass is 16.7. The van der Waals surface area contributed by atoms with Crippen molar-refractivity contribution < 1.29 is 14.4 Å². The van der Waals surface area contributed by atoms with Gasteiger partial charge in [-0.15, -0.1) is 0 Å². The number of nitrogens with zero attached hydrogens (tertiary/aromatic N) is 1. The Kier molecular flexibility index (Phi) is 3.50. The molecule has 84 valence electrons. The first kappa shape index (κ1) is 11.8. The van der Waals surface area contributed by atoms with E-state index in [1.54, 1.807) is 6.92 Å². The first-order valence-electron chi connectivity index (χ1n) is 5.02. The highest BCUT2D eigenvalue weighted by Gasteiger charge is 2.43. The van der Waals surface area contributed by atoms with Gasteiger partial charge >= 0.3 is 5.97 Å². The van der Waals surface area contributed by atoms with Gasteiger partial charge in [0.1, 0.15) is 6.61 Å². The molecule has 1 unspecified atom stereocenters. The number of hydrogen-bond acceptors (Lipinski definition) is 4. The average Bonchev–Trinajstić information content (AvgIpc) is 2.59. The Labute approximate surface area is 89.9 Å².